The zero-order chi connectivity index (χ0) is 10.9. The van der Waals surface area contributed by atoms with Crippen LogP contribution in [-0.4, -0.2) is 11.7 Å². The van der Waals surface area contributed by atoms with Gasteiger partial charge in [0, 0.05) is 5.56 Å². The Kier molecular flexibility index (Phi) is 2.68. The van der Waals surface area contributed by atoms with Gasteiger partial charge in [-0.1, -0.05) is 12.1 Å². The van der Waals surface area contributed by atoms with Gasteiger partial charge in [0.1, 0.15) is 11.8 Å². The Morgan fingerprint density at radius 2 is 2.33 bits per heavy atom. The summed E-state index contributed by atoms with van der Waals surface area (Å²) in [5.74, 6) is 0.582. The lowest BCUT2D eigenvalue weighted by Crippen LogP contribution is -2.22. The number of fused-ring (bicyclic) bond motifs is 1. The third-order valence-electron chi connectivity index (χ3n) is 2.53. The minimum Gasteiger partial charge on any atom is -0.492 e. The Bertz CT molecular complexity index is 427. The van der Waals surface area contributed by atoms with Crippen molar-refractivity contribution < 1.29 is 9.84 Å². The Hall–Kier alpha value is -1.05. The molecule has 4 heteroatoms. The first-order valence-corrected chi connectivity index (χ1v) is 5.52. The van der Waals surface area contributed by atoms with E-state index in [4.69, 9.17) is 10.00 Å². The van der Waals surface area contributed by atoms with Crippen molar-refractivity contribution in [1.82, 2.24) is 0 Å². The number of benzene rings is 1. The summed E-state index contributed by atoms with van der Waals surface area (Å²) >= 11 is 3.35. The Morgan fingerprint density at radius 1 is 1.53 bits per heavy atom. The molecule has 1 aliphatic rings. The first-order chi connectivity index (χ1) is 7.17. The molecule has 3 nitrogen and oxygen atoms in total. The van der Waals surface area contributed by atoms with E-state index in [1.807, 2.05) is 12.1 Å². The molecule has 2 rings (SSSR count). The second kappa shape index (κ2) is 3.84. The number of ether oxygens (including phenoxy) is 1. The molecule has 1 aromatic carbocycles. The molecule has 0 saturated heterocycles. The average molecular weight is 268 g/mol. The molecule has 0 fully saturated rings. The molecular weight excluding hydrogens is 258 g/mol. The van der Waals surface area contributed by atoms with Crippen molar-refractivity contribution in [1.29, 1.82) is 5.26 Å². The average Bonchev–Trinajstić information content (AvgIpc) is 2.41. The van der Waals surface area contributed by atoms with Crippen LogP contribution in [0.25, 0.3) is 0 Å². The van der Waals surface area contributed by atoms with Crippen LogP contribution in [0.3, 0.4) is 0 Å². The standard InChI is InChI=1S/C11H10BrNO2/c12-9-4-1-3-8-10(9)15-6-2-5-11(8,14)7-13/h1,3-4,14H,2,5-6H2. The van der Waals surface area contributed by atoms with Gasteiger partial charge in [0.25, 0.3) is 0 Å². The van der Waals surface area contributed by atoms with Crippen LogP contribution in [0.1, 0.15) is 18.4 Å². The molecule has 78 valence electrons. The summed E-state index contributed by atoms with van der Waals surface area (Å²) in [6.07, 6.45) is 1.08. The van der Waals surface area contributed by atoms with Gasteiger partial charge in [0.2, 0.25) is 0 Å². The van der Waals surface area contributed by atoms with Crippen LogP contribution in [0.15, 0.2) is 22.7 Å². The summed E-state index contributed by atoms with van der Waals surface area (Å²) in [7, 11) is 0. The molecular formula is C11H10BrNO2. The monoisotopic (exact) mass is 267 g/mol. The highest BCUT2D eigenvalue weighted by molar-refractivity contribution is 9.10. The number of hydrogen-bond acceptors (Lipinski definition) is 3. The summed E-state index contributed by atoms with van der Waals surface area (Å²) in [4.78, 5) is 0. The van der Waals surface area contributed by atoms with E-state index in [1.165, 1.54) is 0 Å². The number of hydrogen-bond donors (Lipinski definition) is 1. The third kappa shape index (κ3) is 1.73. The van der Waals surface area contributed by atoms with Crippen molar-refractivity contribution in [3.8, 4) is 11.8 Å². The minimum atomic E-state index is -1.42. The molecule has 0 aromatic heterocycles. The maximum absolute atomic E-state index is 10.2. The second-order valence-corrected chi connectivity index (χ2v) is 4.39. The molecule has 0 radical (unpaired) electrons. The molecule has 0 spiro atoms. The van der Waals surface area contributed by atoms with E-state index in [9.17, 15) is 5.11 Å². The van der Waals surface area contributed by atoms with Crippen LogP contribution < -0.4 is 4.74 Å². The van der Waals surface area contributed by atoms with Crippen LogP contribution in [0, 0.1) is 11.3 Å². The van der Waals surface area contributed by atoms with Crippen LogP contribution in [-0.2, 0) is 5.60 Å². The fraction of sp³-hybridized carbons (Fsp3) is 0.364. The van der Waals surface area contributed by atoms with Crippen molar-refractivity contribution in [3.63, 3.8) is 0 Å². The molecule has 0 amide bonds. The van der Waals surface area contributed by atoms with Crippen LogP contribution >= 0.6 is 15.9 Å². The summed E-state index contributed by atoms with van der Waals surface area (Å²) in [6.45, 7) is 0.527. The van der Waals surface area contributed by atoms with Crippen molar-refractivity contribution >= 4 is 15.9 Å². The molecule has 0 aliphatic carbocycles. The maximum Gasteiger partial charge on any atom is 0.180 e. The van der Waals surface area contributed by atoms with Gasteiger partial charge in [0.15, 0.2) is 5.60 Å². The SMILES string of the molecule is N#CC1(O)CCCOc2c(Br)cccc21. The maximum atomic E-state index is 10.2. The van der Waals surface area contributed by atoms with E-state index in [0.29, 0.717) is 30.8 Å². The van der Waals surface area contributed by atoms with Gasteiger partial charge in [-0.05, 0) is 34.8 Å². The Labute approximate surface area is 96.4 Å². The highest BCUT2D eigenvalue weighted by Crippen LogP contribution is 2.40. The predicted molar refractivity (Wildman–Crippen MR) is 58.4 cm³/mol. The normalized spacial score (nSPS) is 24.6. The number of aliphatic hydroxyl groups is 1. The predicted octanol–water partition coefficient (Wildman–Crippen LogP) is 2.33. The number of halogens is 1. The quantitative estimate of drug-likeness (QED) is 0.735. The van der Waals surface area contributed by atoms with Crippen LogP contribution in [0.5, 0.6) is 5.75 Å². The van der Waals surface area contributed by atoms with Crippen LogP contribution in [0.4, 0.5) is 0 Å². The summed E-state index contributed by atoms with van der Waals surface area (Å²) in [5.41, 5.74) is -0.868. The number of nitriles is 1. The van der Waals surface area contributed by atoms with Gasteiger partial charge in [-0.15, -0.1) is 0 Å². The zero-order valence-electron chi connectivity index (χ0n) is 8.03. The van der Waals surface area contributed by atoms with E-state index in [-0.39, 0.29) is 0 Å². The lowest BCUT2D eigenvalue weighted by molar-refractivity contribution is 0.0884. The van der Waals surface area contributed by atoms with Crippen LogP contribution in [0.2, 0.25) is 0 Å². The number of nitrogens with zero attached hydrogens (tertiary/aromatic N) is 1. The fourth-order valence-corrected chi connectivity index (χ4v) is 2.21. The third-order valence-corrected chi connectivity index (χ3v) is 3.15. The smallest absolute Gasteiger partial charge is 0.180 e. The van der Waals surface area contributed by atoms with Crippen molar-refractivity contribution in [2.75, 3.05) is 6.61 Å². The lowest BCUT2D eigenvalue weighted by Gasteiger charge is -2.19. The second-order valence-electron chi connectivity index (χ2n) is 3.54. The summed E-state index contributed by atoms with van der Waals surface area (Å²) in [6, 6.07) is 7.32. The highest BCUT2D eigenvalue weighted by Gasteiger charge is 2.34. The number of rotatable bonds is 0. The fourth-order valence-electron chi connectivity index (χ4n) is 1.73. The highest BCUT2D eigenvalue weighted by atomic mass is 79.9. The van der Waals surface area contributed by atoms with E-state index in [0.717, 1.165) is 4.47 Å². The minimum absolute atomic E-state index is 0.410. The molecule has 1 N–H and O–H groups in total. The van der Waals surface area contributed by atoms with Gasteiger partial charge in [-0.25, -0.2) is 0 Å². The molecule has 0 saturated carbocycles. The molecule has 1 heterocycles. The van der Waals surface area contributed by atoms with Gasteiger partial charge in [-0.3, -0.25) is 0 Å². The Balaban J connectivity index is 2.61. The van der Waals surface area contributed by atoms with Crippen molar-refractivity contribution in [3.05, 3.63) is 28.2 Å². The first kappa shape index (κ1) is 10.5. The first-order valence-electron chi connectivity index (χ1n) is 4.73. The summed E-state index contributed by atoms with van der Waals surface area (Å²) < 4.78 is 6.29. The molecule has 0 bridgehead atoms. The van der Waals surface area contributed by atoms with Gasteiger partial charge >= 0.3 is 0 Å². The van der Waals surface area contributed by atoms with Gasteiger partial charge < -0.3 is 9.84 Å². The molecule has 1 atom stereocenters. The van der Waals surface area contributed by atoms with Gasteiger partial charge in [-0.2, -0.15) is 5.26 Å². The van der Waals surface area contributed by atoms with Crippen molar-refractivity contribution in [2.24, 2.45) is 0 Å². The summed E-state index contributed by atoms with van der Waals surface area (Å²) in [5, 5.41) is 19.2. The molecule has 1 aromatic rings. The van der Waals surface area contributed by atoms with E-state index >= 15 is 0 Å². The molecule has 1 aliphatic heterocycles. The van der Waals surface area contributed by atoms with Gasteiger partial charge in [0.05, 0.1) is 11.1 Å². The molecule has 1 unspecified atom stereocenters. The number of para-hydroxylation sites is 1. The largest absolute Gasteiger partial charge is 0.492 e. The zero-order valence-corrected chi connectivity index (χ0v) is 9.62. The topological polar surface area (TPSA) is 53.2 Å². The molecule has 15 heavy (non-hydrogen) atoms. The van der Waals surface area contributed by atoms with E-state index in [2.05, 4.69) is 15.9 Å². The Morgan fingerprint density at radius 3 is 3.07 bits per heavy atom. The van der Waals surface area contributed by atoms with E-state index < -0.39 is 5.60 Å². The van der Waals surface area contributed by atoms with E-state index in [1.54, 1.807) is 12.1 Å². The van der Waals surface area contributed by atoms with Crippen molar-refractivity contribution in [2.45, 2.75) is 18.4 Å². The lowest BCUT2D eigenvalue weighted by atomic mass is 9.91.